The van der Waals surface area contributed by atoms with Crippen LogP contribution >= 0.6 is 0 Å². The van der Waals surface area contributed by atoms with E-state index < -0.39 is 17.5 Å². The molecule has 30 heavy (non-hydrogen) atoms. The smallest absolute Gasteiger partial charge is 0.314 e. The number of hydrogen-bond acceptors (Lipinski definition) is 5. The number of carboxylic acids is 1. The number of methoxy groups -OCH3 is 1. The number of amides is 1. The van der Waals surface area contributed by atoms with E-state index in [1.807, 2.05) is 23.8 Å². The molecule has 0 saturated carbocycles. The lowest BCUT2D eigenvalue weighted by Crippen LogP contribution is -2.58. The van der Waals surface area contributed by atoms with Crippen molar-refractivity contribution in [3.8, 4) is 5.75 Å². The first-order valence-corrected chi connectivity index (χ1v) is 10.2. The van der Waals surface area contributed by atoms with Gasteiger partial charge in [0.1, 0.15) is 17.0 Å². The van der Waals surface area contributed by atoms with Gasteiger partial charge in [-0.05, 0) is 30.5 Å². The monoisotopic (exact) mass is 415 g/mol. The molecular formula is C22H29N3O5. The molecule has 1 aliphatic rings. The van der Waals surface area contributed by atoms with Gasteiger partial charge in [0.05, 0.1) is 13.2 Å². The van der Waals surface area contributed by atoms with Crippen LogP contribution in [0.3, 0.4) is 0 Å². The first-order valence-electron chi connectivity index (χ1n) is 10.2. The lowest BCUT2D eigenvalue weighted by atomic mass is 9.72. The molecule has 1 amide bonds. The minimum atomic E-state index is -1.45. The van der Waals surface area contributed by atoms with Crippen LogP contribution in [0.15, 0.2) is 36.7 Å². The summed E-state index contributed by atoms with van der Waals surface area (Å²) in [7, 11) is 1.55. The van der Waals surface area contributed by atoms with Crippen LogP contribution in [0, 0.1) is 5.41 Å². The summed E-state index contributed by atoms with van der Waals surface area (Å²) in [6.45, 7) is 2.82. The molecule has 0 radical (unpaired) electrons. The fourth-order valence-electron chi connectivity index (χ4n) is 4.13. The number of ether oxygens (including phenoxy) is 1. The first kappa shape index (κ1) is 21.8. The van der Waals surface area contributed by atoms with E-state index in [0.717, 1.165) is 17.8 Å². The Balaban J connectivity index is 1.75. The number of likely N-dealkylation sites (tertiary alicyclic amines) is 1. The third-order valence-corrected chi connectivity index (χ3v) is 5.90. The van der Waals surface area contributed by atoms with Crippen molar-refractivity contribution in [2.24, 2.45) is 5.41 Å². The van der Waals surface area contributed by atoms with Crippen molar-refractivity contribution in [3.05, 3.63) is 48.0 Å². The number of carbonyl (C=O) groups is 2. The van der Waals surface area contributed by atoms with Gasteiger partial charge in [-0.2, -0.15) is 0 Å². The van der Waals surface area contributed by atoms with Crippen LogP contribution in [0.25, 0.3) is 0 Å². The van der Waals surface area contributed by atoms with E-state index in [2.05, 4.69) is 4.98 Å². The number of aryl methyl sites for hydroxylation is 2. The Morgan fingerprint density at radius 2 is 2.17 bits per heavy atom. The zero-order chi connectivity index (χ0) is 21.7. The normalized spacial score (nSPS) is 21.4. The van der Waals surface area contributed by atoms with E-state index in [1.165, 1.54) is 0 Å². The Morgan fingerprint density at radius 3 is 2.87 bits per heavy atom. The summed E-state index contributed by atoms with van der Waals surface area (Å²) in [4.78, 5) is 31.0. The summed E-state index contributed by atoms with van der Waals surface area (Å²) >= 11 is 0. The predicted molar refractivity (Wildman–Crippen MR) is 110 cm³/mol. The summed E-state index contributed by atoms with van der Waals surface area (Å²) in [5.74, 6) is 0.320. The topological polar surface area (TPSA) is 105 Å². The number of aromatic nitrogens is 2. The molecule has 0 bridgehead atoms. The fraction of sp³-hybridized carbons (Fsp3) is 0.500. The highest BCUT2D eigenvalue weighted by atomic mass is 16.5. The van der Waals surface area contributed by atoms with Crippen LogP contribution in [-0.2, 0) is 29.0 Å². The average molecular weight is 415 g/mol. The van der Waals surface area contributed by atoms with Crippen LogP contribution in [0.4, 0.5) is 0 Å². The molecule has 2 heterocycles. The Morgan fingerprint density at radius 1 is 1.37 bits per heavy atom. The van der Waals surface area contributed by atoms with Crippen molar-refractivity contribution >= 4 is 11.9 Å². The quantitative estimate of drug-likeness (QED) is 0.681. The van der Waals surface area contributed by atoms with Crippen LogP contribution in [-0.4, -0.2) is 62.8 Å². The van der Waals surface area contributed by atoms with E-state index in [0.29, 0.717) is 18.8 Å². The second-order valence-electron chi connectivity index (χ2n) is 7.75. The fourth-order valence-corrected chi connectivity index (χ4v) is 4.13. The maximum Gasteiger partial charge on any atom is 0.314 e. The van der Waals surface area contributed by atoms with Crippen molar-refractivity contribution in [3.63, 3.8) is 0 Å². The Hall–Kier alpha value is -2.87. The number of benzene rings is 1. The summed E-state index contributed by atoms with van der Waals surface area (Å²) < 4.78 is 7.17. The summed E-state index contributed by atoms with van der Waals surface area (Å²) in [6.07, 6.45) is 3.90. The van der Waals surface area contributed by atoms with Crippen LogP contribution in [0.1, 0.15) is 31.2 Å². The molecule has 2 atom stereocenters. The molecule has 2 aromatic rings. The van der Waals surface area contributed by atoms with E-state index >= 15 is 0 Å². The molecular weight excluding hydrogens is 386 g/mol. The van der Waals surface area contributed by atoms with E-state index in [4.69, 9.17) is 4.74 Å². The molecule has 0 spiro atoms. The van der Waals surface area contributed by atoms with Crippen molar-refractivity contribution in [1.29, 1.82) is 0 Å². The highest BCUT2D eigenvalue weighted by Crippen LogP contribution is 2.35. The molecule has 8 nitrogen and oxygen atoms in total. The molecule has 1 aliphatic heterocycles. The highest BCUT2D eigenvalue weighted by Gasteiger charge is 2.50. The molecule has 3 rings (SSSR count). The number of rotatable bonds is 8. The number of carbonyl (C=O) groups excluding carboxylic acids is 1. The number of aliphatic carboxylic acids is 1. The standard InChI is InChI=1S/C22H29N3O5/c1-3-19-23-9-12-24(19)11-8-20(27)25-10-7-18(26)22(15-25,21(28)29)14-16-5-4-6-17(13-16)30-2/h4-6,9,12-13,18,26H,3,7-8,10-11,14-15H2,1-2H3,(H,28,29)/t18-,22+/m0/s1. The van der Waals surface area contributed by atoms with Gasteiger partial charge < -0.3 is 24.4 Å². The molecule has 1 saturated heterocycles. The predicted octanol–water partition coefficient (Wildman–Crippen LogP) is 1.75. The van der Waals surface area contributed by atoms with Gasteiger partial charge >= 0.3 is 5.97 Å². The number of carboxylic acid groups (broad SMARTS) is 1. The summed E-state index contributed by atoms with van der Waals surface area (Å²) in [5, 5.41) is 20.7. The number of imidazole rings is 1. The van der Waals surface area contributed by atoms with E-state index in [9.17, 15) is 19.8 Å². The minimum absolute atomic E-state index is 0.0237. The van der Waals surface area contributed by atoms with Crippen molar-refractivity contribution in [1.82, 2.24) is 14.5 Å². The number of piperidine rings is 1. The second kappa shape index (κ2) is 9.30. The Kier molecular flexibility index (Phi) is 6.77. The molecule has 0 aliphatic carbocycles. The number of nitrogens with zero attached hydrogens (tertiary/aromatic N) is 3. The molecule has 1 aromatic heterocycles. The number of aliphatic hydroxyl groups excluding tert-OH is 1. The summed E-state index contributed by atoms with van der Waals surface area (Å²) in [5.41, 5.74) is -0.708. The third kappa shape index (κ3) is 4.48. The van der Waals surface area contributed by atoms with Gasteiger partial charge in [-0.25, -0.2) is 4.98 Å². The Labute approximate surface area is 176 Å². The lowest BCUT2D eigenvalue weighted by molar-refractivity contribution is -0.165. The third-order valence-electron chi connectivity index (χ3n) is 5.90. The number of aliphatic hydroxyl groups is 1. The average Bonchev–Trinajstić information content (AvgIpc) is 3.21. The zero-order valence-corrected chi connectivity index (χ0v) is 17.5. The number of hydrogen-bond donors (Lipinski definition) is 2. The van der Waals surface area contributed by atoms with Gasteiger partial charge in [0.2, 0.25) is 5.91 Å². The van der Waals surface area contributed by atoms with Crippen LogP contribution < -0.4 is 4.74 Å². The largest absolute Gasteiger partial charge is 0.497 e. The molecule has 8 heteroatoms. The van der Waals surface area contributed by atoms with Crippen molar-refractivity contribution in [2.45, 2.75) is 45.3 Å². The van der Waals surface area contributed by atoms with Gasteiger partial charge in [-0.1, -0.05) is 19.1 Å². The summed E-state index contributed by atoms with van der Waals surface area (Å²) in [6, 6.07) is 7.15. The van der Waals surface area contributed by atoms with Gasteiger partial charge in [0, 0.05) is 44.9 Å². The molecule has 2 N–H and O–H groups in total. The van der Waals surface area contributed by atoms with Gasteiger partial charge in [0.25, 0.3) is 0 Å². The first-order chi connectivity index (χ1) is 14.4. The second-order valence-corrected chi connectivity index (χ2v) is 7.75. The highest BCUT2D eigenvalue weighted by molar-refractivity contribution is 5.80. The van der Waals surface area contributed by atoms with Crippen LogP contribution in [0.2, 0.25) is 0 Å². The van der Waals surface area contributed by atoms with Crippen molar-refractivity contribution in [2.75, 3.05) is 20.2 Å². The Bertz CT molecular complexity index is 896. The SMILES string of the molecule is CCc1nccn1CCC(=O)N1CC[C@H](O)[C@](Cc2cccc(OC)c2)(C(=O)O)C1. The van der Waals surface area contributed by atoms with E-state index in [-0.39, 0.29) is 31.7 Å². The maximum atomic E-state index is 12.9. The van der Waals surface area contributed by atoms with Gasteiger partial charge in [0.15, 0.2) is 0 Å². The van der Waals surface area contributed by atoms with Crippen LogP contribution in [0.5, 0.6) is 5.75 Å². The lowest BCUT2D eigenvalue weighted by Gasteiger charge is -2.43. The molecule has 162 valence electrons. The van der Waals surface area contributed by atoms with Gasteiger partial charge in [-0.3, -0.25) is 9.59 Å². The molecule has 1 fully saturated rings. The van der Waals surface area contributed by atoms with Crippen molar-refractivity contribution < 1.29 is 24.5 Å². The van der Waals surface area contributed by atoms with E-state index in [1.54, 1.807) is 36.4 Å². The molecule has 0 unspecified atom stereocenters. The van der Waals surface area contributed by atoms with Gasteiger partial charge in [-0.15, -0.1) is 0 Å². The molecule has 1 aromatic carbocycles. The zero-order valence-electron chi connectivity index (χ0n) is 17.5. The minimum Gasteiger partial charge on any atom is -0.497 e. The maximum absolute atomic E-state index is 12.9.